The van der Waals surface area contributed by atoms with Crippen molar-refractivity contribution in [2.75, 3.05) is 0 Å². The zero-order valence-corrected chi connectivity index (χ0v) is 10.4. The van der Waals surface area contributed by atoms with Gasteiger partial charge in [0.05, 0.1) is 11.1 Å². The summed E-state index contributed by atoms with van der Waals surface area (Å²) in [4.78, 5) is 46.9. The molecule has 1 aliphatic heterocycles. The van der Waals surface area contributed by atoms with Crippen molar-refractivity contribution in [3.05, 3.63) is 35.4 Å². The van der Waals surface area contributed by atoms with Gasteiger partial charge in [-0.1, -0.05) is 12.1 Å². The number of aliphatic carboxylic acids is 1. The molecule has 0 bridgehead atoms. The number of carboxylic acid groups (broad SMARTS) is 1. The van der Waals surface area contributed by atoms with Gasteiger partial charge >= 0.3 is 5.97 Å². The largest absolute Gasteiger partial charge is 0.480 e. The molecule has 7 heteroatoms. The van der Waals surface area contributed by atoms with Crippen LogP contribution in [0.5, 0.6) is 0 Å². The smallest absolute Gasteiger partial charge is 0.320 e. The van der Waals surface area contributed by atoms with Gasteiger partial charge in [-0.3, -0.25) is 19.2 Å². The second kappa shape index (κ2) is 5.22. The van der Waals surface area contributed by atoms with Gasteiger partial charge in [0.15, 0.2) is 0 Å². The summed E-state index contributed by atoms with van der Waals surface area (Å²) < 4.78 is 0. The number of benzene rings is 1. The zero-order chi connectivity index (χ0) is 14.9. The average molecular weight is 276 g/mol. The normalized spacial score (nSPS) is 15.2. The topological polar surface area (TPSA) is 118 Å². The second-order valence-electron chi connectivity index (χ2n) is 4.37. The third-order valence-corrected chi connectivity index (χ3v) is 3.03. The highest BCUT2D eigenvalue weighted by Crippen LogP contribution is 2.23. The van der Waals surface area contributed by atoms with Crippen LogP contribution in [-0.2, 0) is 9.59 Å². The van der Waals surface area contributed by atoms with Crippen LogP contribution in [0.2, 0.25) is 0 Å². The van der Waals surface area contributed by atoms with E-state index in [-0.39, 0.29) is 24.0 Å². The summed E-state index contributed by atoms with van der Waals surface area (Å²) in [5, 5.41) is 8.62. The van der Waals surface area contributed by atoms with E-state index < -0.39 is 29.7 Å². The van der Waals surface area contributed by atoms with E-state index in [2.05, 4.69) is 0 Å². The Bertz CT molecular complexity index is 576. The minimum atomic E-state index is -1.24. The maximum absolute atomic E-state index is 12.0. The lowest BCUT2D eigenvalue weighted by atomic mass is 10.1. The molecule has 1 heterocycles. The molecule has 0 radical (unpaired) electrons. The molecule has 0 spiro atoms. The first kappa shape index (κ1) is 13.9. The Balaban J connectivity index is 2.12. The van der Waals surface area contributed by atoms with Crippen molar-refractivity contribution in [3.8, 4) is 0 Å². The molecule has 0 fully saturated rings. The van der Waals surface area contributed by atoms with Gasteiger partial charge in [-0.15, -0.1) is 0 Å². The van der Waals surface area contributed by atoms with E-state index in [1.54, 1.807) is 12.1 Å². The number of amides is 3. The molecule has 0 aromatic heterocycles. The van der Waals surface area contributed by atoms with Crippen molar-refractivity contribution >= 4 is 23.7 Å². The molecule has 1 aliphatic rings. The summed E-state index contributed by atoms with van der Waals surface area (Å²) in [5.41, 5.74) is 5.63. The van der Waals surface area contributed by atoms with E-state index in [4.69, 9.17) is 10.8 Å². The Hall–Kier alpha value is -2.54. The first-order valence-electron chi connectivity index (χ1n) is 5.92. The van der Waals surface area contributed by atoms with Gasteiger partial charge in [0, 0.05) is 6.42 Å². The van der Waals surface area contributed by atoms with Crippen molar-refractivity contribution in [3.63, 3.8) is 0 Å². The van der Waals surface area contributed by atoms with Crippen molar-refractivity contribution in [1.82, 2.24) is 4.90 Å². The number of imide groups is 3. The number of carbonyl (C=O) groups excluding carboxylic acids is 3. The number of hydrogen-bond acceptors (Lipinski definition) is 5. The predicted octanol–water partition coefficient (Wildman–Crippen LogP) is 0.00130. The number of rotatable bonds is 4. The highest BCUT2D eigenvalue weighted by molar-refractivity contribution is 6.28. The molecule has 2 rings (SSSR count). The highest BCUT2D eigenvalue weighted by Gasteiger charge is 2.39. The van der Waals surface area contributed by atoms with Crippen LogP contribution < -0.4 is 5.73 Å². The molecule has 0 aliphatic carbocycles. The number of fused-ring (bicyclic) bond motifs is 1. The van der Waals surface area contributed by atoms with E-state index in [1.807, 2.05) is 0 Å². The van der Waals surface area contributed by atoms with Crippen LogP contribution in [0.1, 0.15) is 33.6 Å². The van der Waals surface area contributed by atoms with Gasteiger partial charge in [-0.2, -0.15) is 0 Å². The Kier molecular flexibility index (Phi) is 3.62. The first-order valence-corrected chi connectivity index (χ1v) is 5.92. The van der Waals surface area contributed by atoms with E-state index in [0.29, 0.717) is 4.90 Å². The number of nitrogens with two attached hydrogens (primary N) is 1. The Morgan fingerprint density at radius 3 is 2.10 bits per heavy atom. The fourth-order valence-corrected chi connectivity index (χ4v) is 1.93. The number of nitrogens with zero attached hydrogens (tertiary/aromatic N) is 1. The van der Waals surface area contributed by atoms with Crippen LogP contribution in [0.4, 0.5) is 0 Å². The van der Waals surface area contributed by atoms with Crippen molar-refractivity contribution in [2.24, 2.45) is 5.73 Å². The summed E-state index contributed by atoms with van der Waals surface area (Å²) in [5.74, 6) is -3.34. The van der Waals surface area contributed by atoms with Crippen LogP contribution in [0.3, 0.4) is 0 Å². The third kappa shape index (κ3) is 2.30. The Morgan fingerprint density at radius 1 is 1.15 bits per heavy atom. The second-order valence-corrected chi connectivity index (χ2v) is 4.37. The quantitative estimate of drug-likeness (QED) is 0.747. The molecule has 20 heavy (non-hydrogen) atoms. The Morgan fingerprint density at radius 2 is 1.65 bits per heavy atom. The number of hydrogen-bond donors (Lipinski definition) is 2. The first-order chi connectivity index (χ1) is 9.43. The molecule has 1 aromatic carbocycles. The van der Waals surface area contributed by atoms with Crippen LogP contribution in [-0.4, -0.2) is 39.7 Å². The summed E-state index contributed by atoms with van der Waals surface area (Å²) >= 11 is 0. The molecule has 0 unspecified atom stereocenters. The van der Waals surface area contributed by atoms with E-state index in [9.17, 15) is 19.2 Å². The standard InChI is InChI=1S/C13H12N2O5/c14-9(13(19)20)5-6-10(16)15-11(17)7-3-1-2-4-8(7)12(15)18/h1-4,9H,5-6,14H2,(H,19,20)/t9-/m0/s1. The molecule has 3 N–H and O–H groups in total. The van der Waals surface area contributed by atoms with Gasteiger partial charge in [-0.05, 0) is 18.6 Å². The van der Waals surface area contributed by atoms with Crippen molar-refractivity contribution in [1.29, 1.82) is 0 Å². The van der Waals surface area contributed by atoms with Crippen molar-refractivity contribution in [2.45, 2.75) is 18.9 Å². The summed E-state index contributed by atoms with van der Waals surface area (Å²) in [7, 11) is 0. The van der Waals surface area contributed by atoms with E-state index >= 15 is 0 Å². The summed E-state index contributed by atoms with van der Waals surface area (Å²) in [6, 6.07) is 4.92. The fraction of sp³-hybridized carbons (Fsp3) is 0.231. The minimum absolute atomic E-state index is 0.137. The number of carboxylic acids is 1. The minimum Gasteiger partial charge on any atom is -0.480 e. The lowest BCUT2D eigenvalue weighted by Crippen LogP contribution is -2.38. The highest BCUT2D eigenvalue weighted by atomic mass is 16.4. The number of carbonyl (C=O) groups is 4. The van der Waals surface area contributed by atoms with Crippen LogP contribution in [0.15, 0.2) is 24.3 Å². The van der Waals surface area contributed by atoms with Gasteiger partial charge in [0.2, 0.25) is 5.91 Å². The molecular weight excluding hydrogens is 264 g/mol. The third-order valence-electron chi connectivity index (χ3n) is 3.03. The average Bonchev–Trinajstić information content (AvgIpc) is 2.68. The van der Waals surface area contributed by atoms with Crippen LogP contribution in [0, 0.1) is 0 Å². The van der Waals surface area contributed by atoms with Gasteiger partial charge in [0.25, 0.3) is 11.8 Å². The molecule has 3 amide bonds. The van der Waals surface area contributed by atoms with Crippen LogP contribution in [0.25, 0.3) is 0 Å². The summed E-state index contributed by atoms with van der Waals surface area (Å²) in [6.07, 6.45) is -0.416. The van der Waals surface area contributed by atoms with Gasteiger partial charge in [-0.25, -0.2) is 4.90 Å². The SMILES string of the molecule is N[C@@H](CCC(=O)N1C(=O)c2ccccc2C1=O)C(=O)O. The molecule has 1 aromatic rings. The lowest BCUT2D eigenvalue weighted by molar-refractivity contribution is -0.138. The molecule has 0 saturated carbocycles. The maximum atomic E-state index is 12.0. The molecule has 7 nitrogen and oxygen atoms in total. The Labute approximate surface area is 114 Å². The van der Waals surface area contributed by atoms with Crippen LogP contribution >= 0.6 is 0 Å². The maximum Gasteiger partial charge on any atom is 0.320 e. The fourth-order valence-electron chi connectivity index (χ4n) is 1.93. The molecule has 0 saturated heterocycles. The molecule has 104 valence electrons. The summed E-state index contributed by atoms with van der Waals surface area (Å²) in [6.45, 7) is 0. The zero-order valence-electron chi connectivity index (χ0n) is 10.4. The van der Waals surface area contributed by atoms with Crippen molar-refractivity contribution < 1.29 is 24.3 Å². The van der Waals surface area contributed by atoms with E-state index in [1.165, 1.54) is 12.1 Å². The van der Waals surface area contributed by atoms with E-state index in [0.717, 1.165) is 0 Å². The predicted molar refractivity (Wildman–Crippen MR) is 66.8 cm³/mol. The molecule has 1 atom stereocenters. The lowest BCUT2D eigenvalue weighted by Gasteiger charge is -2.12. The monoisotopic (exact) mass is 276 g/mol. The van der Waals surface area contributed by atoms with Gasteiger partial charge < -0.3 is 10.8 Å². The molecular formula is C13H12N2O5. The van der Waals surface area contributed by atoms with Gasteiger partial charge in [0.1, 0.15) is 6.04 Å².